The van der Waals surface area contributed by atoms with E-state index < -0.39 is 30.2 Å². The van der Waals surface area contributed by atoms with Crippen molar-refractivity contribution in [1.29, 1.82) is 0 Å². The second-order valence-electron chi connectivity index (χ2n) is 3.70. The van der Waals surface area contributed by atoms with Gasteiger partial charge in [0.05, 0.1) is 19.9 Å². The van der Waals surface area contributed by atoms with Crippen molar-refractivity contribution in [2.75, 3.05) is 14.2 Å². The minimum absolute atomic E-state index is 0.479. The van der Waals surface area contributed by atoms with Gasteiger partial charge in [0.25, 0.3) is 0 Å². The van der Waals surface area contributed by atoms with Crippen LogP contribution in [0.4, 0.5) is 5.69 Å². The molecule has 0 spiro atoms. The van der Waals surface area contributed by atoms with Crippen LogP contribution in [0, 0.1) is 0 Å². The first-order valence-corrected chi connectivity index (χ1v) is 5.71. The van der Waals surface area contributed by atoms with Crippen molar-refractivity contribution in [2.24, 2.45) is 10.2 Å². The Morgan fingerprint density at radius 2 is 1.75 bits per heavy atom. The Morgan fingerprint density at radius 1 is 1.10 bits per heavy atom. The lowest BCUT2D eigenvalue weighted by atomic mass is 10.1. The predicted molar refractivity (Wildman–Crippen MR) is 68.4 cm³/mol. The molecule has 0 amide bonds. The molecule has 0 aliphatic heterocycles. The third-order valence-corrected chi connectivity index (χ3v) is 2.32. The van der Waals surface area contributed by atoms with Crippen LogP contribution in [-0.2, 0) is 23.9 Å². The summed E-state index contributed by atoms with van der Waals surface area (Å²) >= 11 is 0. The van der Waals surface area contributed by atoms with Crippen LogP contribution < -0.4 is 0 Å². The van der Waals surface area contributed by atoms with Crippen LogP contribution in [-0.4, -0.2) is 38.0 Å². The zero-order valence-electron chi connectivity index (χ0n) is 11.1. The van der Waals surface area contributed by atoms with Crippen LogP contribution in [0.2, 0.25) is 0 Å². The van der Waals surface area contributed by atoms with Gasteiger partial charge in [0.15, 0.2) is 5.78 Å². The van der Waals surface area contributed by atoms with Gasteiger partial charge in [0, 0.05) is 0 Å². The van der Waals surface area contributed by atoms with Crippen molar-refractivity contribution >= 4 is 23.4 Å². The molecule has 7 nitrogen and oxygen atoms in total. The molecule has 0 bridgehead atoms. The van der Waals surface area contributed by atoms with E-state index in [9.17, 15) is 14.4 Å². The third-order valence-electron chi connectivity index (χ3n) is 2.32. The van der Waals surface area contributed by atoms with Gasteiger partial charge in [-0.1, -0.05) is 18.2 Å². The summed E-state index contributed by atoms with van der Waals surface area (Å²) in [5.41, 5.74) is 0.479. The van der Waals surface area contributed by atoms with E-state index in [1.807, 2.05) is 0 Å². The van der Waals surface area contributed by atoms with Gasteiger partial charge in [-0.05, 0) is 12.1 Å². The van der Waals surface area contributed by atoms with Crippen molar-refractivity contribution < 1.29 is 23.9 Å². The molecule has 0 fully saturated rings. The molecule has 1 aromatic rings. The summed E-state index contributed by atoms with van der Waals surface area (Å²) < 4.78 is 8.83. The molecule has 0 aliphatic rings. The first kappa shape index (κ1) is 15.5. The molecule has 20 heavy (non-hydrogen) atoms. The molecular weight excluding hydrogens is 264 g/mol. The molecule has 0 radical (unpaired) electrons. The zero-order valence-corrected chi connectivity index (χ0v) is 11.1. The number of nitrogens with zero attached hydrogens (tertiary/aromatic N) is 2. The van der Waals surface area contributed by atoms with Crippen LogP contribution >= 0.6 is 0 Å². The summed E-state index contributed by atoms with van der Waals surface area (Å²) in [5, 5.41) is 7.43. The molecule has 0 N–H and O–H groups in total. The van der Waals surface area contributed by atoms with Crippen LogP contribution in [0.25, 0.3) is 0 Å². The SMILES string of the molecule is COC(=O)CC(=O)C(N=Nc1ccccc1)C(=O)OC. The monoisotopic (exact) mass is 278 g/mol. The van der Waals surface area contributed by atoms with E-state index >= 15 is 0 Å². The average molecular weight is 278 g/mol. The minimum Gasteiger partial charge on any atom is -0.469 e. The van der Waals surface area contributed by atoms with Gasteiger partial charge < -0.3 is 9.47 Å². The second-order valence-corrected chi connectivity index (χ2v) is 3.70. The molecule has 7 heteroatoms. The van der Waals surface area contributed by atoms with Gasteiger partial charge in [0.2, 0.25) is 6.04 Å². The van der Waals surface area contributed by atoms with Crippen molar-refractivity contribution in [3.05, 3.63) is 30.3 Å². The van der Waals surface area contributed by atoms with Gasteiger partial charge in [-0.3, -0.25) is 9.59 Å². The van der Waals surface area contributed by atoms with Gasteiger partial charge in [-0.2, -0.15) is 10.2 Å². The number of rotatable bonds is 6. The summed E-state index contributed by atoms with van der Waals surface area (Å²) in [4.78, 5) is 34.3. The van der Waals surface area contributed by atoms with Crippen molar-refractivity contribution in [1.82, 2.24) is 0 Å². The number of carbonyl (C=O) groups is 3. The molecule has 1 unspecified atom stereocenters. The van der Waals surface area contributed by atoms with E-state index in [-0.39, 0.29) is 0 Å². The molecule has 0 saturated carbocycles. The molecule has 1 aromatic carbocycles. The van der Waals surface area contributed by atoms with E-state index in [0.717, 1.165) is 14.2 Å². The normalized spacial score (nSPS) is 11.9. The highest BCUT2D eigenvalue weighted by atomic mass is 16.5. The van der Waals surface area contributed by atoms with Crippen LogP contribution in [0.3, 0.4) is 0 Å². The van der Waals surface area contributed by atoms with E-state index in [0.29, 0.717) is 5.69 Å². The molecule has 1 rings (SSSR count). The van der Waals surface area contributed by atoms with Gasteiger partial charge in [0.1, 0.15) is 6.42 Å². The van der Waals surface area contributed by atoms with Crippen LogP contribution in [0.1, 0.15) is 6.42 Å². The molecule has 0 aliphatic carbocycles. The zero-order chi connectivity index (χ0) is 15.0. The molecule has 0 saturated heterocycles. The lowest BCUT2D eigenvalue weighted by molar-refractivity contribution is -0.148. The summed E-state index contributed by atoms with van der Waals surface area (Å²) in [5.74, 6) is -2.36. The predicted octanol–water partition coefficient (Wildman–Crippen LogP) is 1.44. The lowest BCUT2D eigenvalue weighted by Crippen LogP contribution is -2.31. The first-order chi connectivity index (χ1) is 9.58. The number of ketones is 1. The number of hydrogen-bond donors (Lipinski definition) is 0. The lowest BCUT2D eigenvalue weighted by Gasteiger charge is -2.07. The number of ether oxygens (including phenoxy) is 2. The second kappa shape index (κ2) is 7.78. The summed E-state index contributed by atoms with van der Waals surface area (Å²) in [6, 6.07) is 7.10. The highest BCUT2D eigenvalue weighted by molar-refractivity contribution is 6.09. The Hall–Kier alpha value is -2.57. The fraction of sp³-hybridized carbons (Fsp3) is 0.308. The van der Waals surface area contributed by atoms with E-state index in [1.165, 1.54) is 0 Å². The number of hydrogen-bond acceptors (Lipinski definition) is 7. The molecule has 0 heterocycles. The quantitative estimate of drug-likeness (QED) is 0.446. The van der Waals surface area contributed by atoms with Gasteiger partial charge in [-0.25, -0.2) is 4.79 Å². The van der Waals surface area contributed by atoms with E-state index in [2.05, 4.69) is 19.7 Å². The molecule has 0 aromatic heterocycles. The Kier molecular flexibility index (Phi) is 6.02. The van der Waals surface area contributed by atoms with E-state index in [1.54, 1.807) is 30.3 Å². The smallest absolute Gasteiger partial charge is 0.340 e. The Morgan fingerprint density at radius 3 is 2.30 bits per heavy atom. The highest BCUT2D eigenvalue weighted by Crippen LogP contribution is 2.12. The third kappa shape index (κ3) is 4.60. The van der Waals surface area contributed by atoms with Crippen molar-refractivity contribution in [3.63, 3.8) is 0 Å². The maximum Gasteiger partial charge on any atom is 0.340 e. The number of esters is 2. The Bertz CT molecular complexity index is 513. The van der Waals surface area contributed by atoms with E-state index in [4.69, 9.17) is 0 Å². The highest BCUT2D eigenvalue weighted by Gasteiger charge is 2.29. The molecule has 106 valence electrons. The fourth-order valence-corrected chi connectivity index (χ4v) is 1.28. The van der Waals surface area contributed by atoms with Gasteiger partial charge >= 0.3 is 11.9 Å². The summed E-state index contributed by atoms with van der Waals surface area (Å²) in [7, 11) is 2.27. The maximum absolute atomic E-state index is 11.8. The van der Waals surface area contributed by atoms with Crippen LogP contribution in [0.15, 0.2) is 40.6 Å². The van der Waals surface area contributed by atoms with Crippen molar-refractivity contribution in [2.45, 2.75) is 12.5 Å². The topological polar surface area (TPSA) is 94.4 Å². The Balaban J connectivity index is 2.85. The minimum atomic E-state index is -1.47. The number of carbonyl (C=O) groups excluding carboxylic acids is 3. The Labute approximate surface area is 115 Å². The molecular formula is C13H14N2O5. The average Bonchev–Trinajstić information content (AvgIpc) is 2.47. The van der Waals surface area contributed by atoms with Gasteiger partial charge in [-0.15, -0.1) is 0 Å². The standard InChI is InChI=1S/C13H14N2O5/c1-19-11(17)8-10(16)12(13(18)20-2)15-14-9-6-4-3-5-7-9/h3-7,12H,8H2,1-2H3. The largest absolute Gasteiger partial charge is 0.469 e. The number of methoxy groups -OCH3 is 2. The van der Waals surface area contributed by atoms with Crippen molar-refractivity contribution in [3.8, 4) is 0 Å². The number of Topliss-reactive ketones (excluding diaryl/α,β-unsaturated/α-hetero) is 1. The summed E-state index contributed by atoms with van der Waals surface area (Å²) in [6.07, 6.45) is -0.565. The molecule has 1 atom stereocenters. The number of benzene rings is 1. The fourth-order valence-electron chi connectivity index (χ4n) is 1.28. The maximum atomic E-state index is 11.8. The number of azo groups is 1. The summed E-state index contributed by atoms with van der Waals surface area (Å²) in [6.45, 7) is 0. The van der Waals surface area contributed by atoms with Crippen LogP contribution in [0.5, 0.6) is 0 Å². The first-order valence-electron chi connectivity index (χ1n) is 5.71.